The third-order valence-electron chi connectivity index (χ3n) is 4.98. The summed E-state index contributed by atoms with van der Waals surface area (Å²) in [5.41, 5.74) is 0.870. The van der Waals surface area contributed by atoms with Crippen molar-refractivity contribution >= 4 is 10.2 Å². The van der Waals surface area contributed by atoms with Crippen molar-refractivity contribution < 1.29 is 13.2 Å². The van der Waals surface area contributed by atoms with Crippen LogP contribution in [0.3, 0.4) is 0 Å². The zero-order chi connectivity index (χ0) is 16.9. The summed E-state index contributed by atoms with van der Waals surface area (Å²) in [6.07, 6.45) is 3.81. The van der Waals surface area contributed by atoms with Gasteiger partial charge in [0.05, 0.1) is 13.1 Å². The Kier molecular flexibility index (Phi) is 3.93. The summed E-state index contributed by atoms with van der Waals surface area (Å²) in [7, 11) is -3.33. The second kappa shape index (κ2) is 5.86. The molecule has 0 aromatic carbocycles. The summed E-state index contributed by atoms with van der Waals surface area (Å²) >= 11 is 0. The SMILES string of the molecule is Cc1cc(OC2CN(S(=O)(=O)N3CCCC3)C2)cc(=O)n1C1CC1. The van der Waals surface area contributed by atoms with E-state index in [1.54, 1.807) is 4.31 Å². The Bertz CT molecular complexity index is 788. The molecule has 3 heterocycles. The lowest BCUT2D eigenvalue weighted by molar-refractivity contribution is 0.0717. The molecule has 4 rings (SSSR count). The van der Waals surface area contributed by atoms with E-state index in [2.05, 4.69) is 0 Å². The topological polar surface area (TPSA) is 71.8 Å². The summed E-state index contributed by atoms with van der Waals surface area (Å²) in [5, 5.41) is 0. The standard InChI is InChI=1S/C16H23N3O4S/c1-12-8-14(9-16(20)19(12)13-4-5-13)23-15-10-18(11-15)24(21,22)17-6-2-3-7-17/h8-9,13,15H,2-7,10-11H2,1H3. The van der Waals surface area contributed by atoms with Crippen LogP contribution in [0, 0.1) is 6.92 Å². The molecule has 1 aromatic rings. The van der Waals surface area contributed by atoms with E-state index in [0.29, 0.717) is 38.0 Å². The average Bonchev–Trinajstić information content (AvgIpc) is 3.13. The average molecular weight is 353 g/mol. The predicted octanol–water partition coefficient (Wildman–Crippen LogP) is 0.895. The van der Waals surface area contributed by atoms with Gasteiger partial charge in [-0.05, 0) is 38.7 Å². The minimum Gasteiger partial charge on any atom is -0.487 e. The van der Waals surface area contributed by atoms with Gasteiger partial charge in [0.25, 0.3) is 15.8 Å². The molecule has 24 heavy (non-hydrogen) atoms. The van der Waals surface area contributed by atoms with E-state index in [1.165, 1.54) is 10.4 Å². The maximum Gasteiger partial charge on any atom is 0.282 e. The number of hydrogen-bond donors (Lipinski definition) is 0. The highest BCUT2D eigenvalue weighted by Gasteiger charge is 2.41. The lowest BCUT2D eigenvalue weighted by atomic mass is 10.2. The summed E-state index contributed by atoms with van der Waals surface area (Å²) in [6, 6.07) is 3.73. The maximum absolute atomic E-state index is 12.4. The number of ether oxygens (including phenoxy) is 1. The smallest absolute Gasteiger partial charge is 0.282 e. The van der Waals surface area contributed by atoms with Crippen molar-refractivity contribution in [3.05, 3.63) is 28.2 Å². The van der Waals surface area contributed by atoms with Crippen LogP contribution < -0.4 is 10.3 Å². The molecule has 3 aliphatic rings. The van der Waals surface area contributed by atoms with E-state index in [1.807, 2.05) is 17.6 Å². The molecule has 7 nitrogen and oxygen atoms in total. The molecule has 0 unspecified atom stereocenters. The molecule has 2 aliphatic heterocycles. The minimum absolute atomic E-state index is 0.0339. The van der Waals surface area contributed by atoms with Gasteiger partial charge in [-0.2, -0.15) is 17.0 Å². The van der Waals surface area contributed by atoms with Crippen molar-refractivity contribution in [2.24, 2.45) is 0 Å². The Balaban J connectivity index is 1.39. The number of aromatic nitrogens is 1. The van der Waals surface area contributed by atoms with Gasteiger partial charge in [0.2, 0.25) is 0 Å². The van der Waals surface area contributed by atoms with E-state index < -0.39 is 10.2 Å². The van der Waals surface area contributed by atoms with E-state index in [9.17, 15) is 13.2 Å². The first-order valence-electron chi connectivity index (χ1n) is 8.60. The molecule has 132 valence electrons. The second-order valence-electron chi connectivity index (χ2n) is 6.94. The largest absolute Gasteiger partial charge is 0.487 e. The van der Waals surface area contributed by atoms with Gasteiger partial charge >= 0.3 is 0 Å². The zero-order valence-electron chi connectivity index (χ0n) is 13.8. The fraction of sp³-hybridized carbons (Fsp3) is 0.688. The van der Waals surface area contributed by atoms with Gasteiger partial charge in [0, 0.05) is 30.9 Å². The lowest BCUT2D eigenvalue weighted by Crippen LogP contribution is -2.59. The normalized spacial score (nSPS) is 23.4. The third-order valence-corrected chi connectivity index (χ3v) is 6.95. The number of rotatable bonds is 5. The van der Waals surface area contributed by atoms with Crippen LogP contribution in [0.5, 0.6) is 5.75 Å². The van der Waals surface area contributed by atoms with E-state index in [0.717, 1.165) is 31.4 Å². The van der Waals surface area contributed by atoms with Gasteiger partial charge in [0.1, 0.15) is 11.9 Å². The van der Waals surface area contributed by atoms with Crippen molar-refractivity contribution in [3.63, 3.8) is 0 Å². The molecule has 0 bridgehead atoms. The molecule has 3 fully saturated rings. The zero-order valence-corrected chi connectivity index (χ0v) is 14.7. The van der Waals surface area contributed by atoms with Gasteiger partial charge in [-0.1, -0.05) is 0 Å². The van der Waals surface area contributed by atoms with Crippen molar-refractivity contribution in [3.8, 4) is 5.75 Å². The van der Waals surface area contributed by atoms with E-state index >= 15 is 0 Å². The predicted molar refractivity (Wildman–Crippen MR) is 89.4 cm³/mol. The van der Waals surface area contributed by atoms with Crippen LogP contribution in [-0.2, 0) is 10.2 Å². The van der Waals surface area contributed by atoms with Crippen LogP contribution in [0.4, 0.5) is 0 Å². The third kappa shape index (κ3) is 2.87. The Morgan fingerprint density at radius 3 is 2.33 bits per heavy atom. The van der Waals surface area contributed by atoms with Crippen molar-refractivity contribution in [2.45, 2.75) is 44.8 Å². The summed E-state index contributed by atoms with van der Waals surface area (Å²) < 4.78 is 35.4. The number of hydrogen-bond acceptors (Lipinski definition) is 4. The van der Waals surface area contributed by atoms with Crippen LogP contribution in [0.25, 0.3) is 0 Å². The summed E-state index contributed by atoms with van der Waals surface area (Å²) in [6.45, 7) is 3.84. The fourth-order valence-corrected chi connectivity index (χ4v) is 5.24. The van der Waals surface area contributed by atoms with Crippen LogP contribution in [0.2, 0.25) is 0 Å². The van der Waals surface area contributed by atoms with Crippen molar-refractivity contribution in [2.75, 3.05) is 26.2 Å². The molecule has 1 aromatic heterocycles. The first kappa shape index (κ1) is 16.1. The van der Waals surface area contributed by atoms with Gasteiger partial charge in [-0.3, -0.25) is 4.79 Å². The Labute approximate surface area is 142 Å². The summed E-state index contributed by atoms with van der Waals surface area (Å²) in [4.78, 5) is 12.2. The highest BCUT2D eigenvalue weighted by Crippen LogP contribution is 2.35. The molecule has 2 saturated heterocycles. The first-order valence-corrected chi connectivity index (χ1v) is 10.00. The van der Waals surface area contributed by atoms with Gasteiger partial charge < -0.3 is 9.30 Å². The molecule has 0 N–H and O–H groups in total. The van der Waals surface area contributed by atoms with Crippen molar-refractivity contribution in [1.29, 1.82) is 0 Å². The number of nitrogens with zero attached hydrogens (tertiary/aromatic N) is 3. The Hall–Kier alpha value is -1.38. The van der Waals surface area contributed by atoms with Crippen LogP contribution in [0.1, 0.15) is 37.4 Å². The van der Waals surface area contributed by atoms with Crippen molar-refractivity contribution in [1.82, 2.24) is 13.2 Å². The molecular weight excluding hydrogens is 330 g/mol. The molecule has 8 heteroatoms. The quantitative estimate of drug-likeness (QED) is 0.788. The molecule has 1 saturated carbocycles. The molecule has 0 radical (unpaired) electrons. The monoisotopic (exact) mass is 353 g/mol. The highest BCUT2D eigenvalue weighted by atomic mass is 32.2. The molecule has 0 atom stereocenters. The maximum atomic E-state index is 12.4. The minimum atomic E-state index is -3.33. The number of aryl methyl sites for hydroxylation is 1. The van der Waals surface area contributed by atoms with Crippen LogP contribution in [-0.4, -0.2) is 53.9 Å². The van der Waals surface area contributed by atoms with E-state index in [4.69, 9.17) is 4.74 Å². The Morgan fingerprint density at radius 2 is 1.75 bits per heavy atom. The van der Waals surface area contributed by atoms with Crippen LogP contribution >= 0.6 is 0 Å². The Morgan fingerprint density at radius 1 is 1.08 bits per heavy atom. The van der Waals surface area contributed by atoms with Crippen LogP contribution in [0.15, 0.2) is 16.9 Å². The van der Waals surface area contributed by atoms with Gasteiger partial charge in [0.15, 0.2) is 0 Å². The van der Waals surface area contributed by atoms with E-state index in [-0.39, 0.29) is 11.7 Å². The number of pyridine rings is 1. The molecule has 0 amide bonds. The fourth-order valence-electron chi connectivity index (χ4n) is 3.49. The first-order chi connectivity index (χ1) is 11.4. The molecule has 0 spiro atoms. The molecular formula is C16H23N3O4S. The van der Waals surface area contributed by atoms with Gasteiger partial charge in [-0.15, -0.1) is 0 Å². The van der Waals surface area contributed by atoms with Gasteiger partial charge in [-0.25, -0.2) is 0 Å². The second-order valence-corrected chi connectivity index (χ2v) is 8.87. The highest BCUT2D eigenvalue weighted by molar-refractivity contribution is 7.86. The molecule has 1 aliphatic carbocycles. The summed E-state index contributed by atoms with van der Waals surface area (Å²) in [5.74, 6) is 0.539. The lowest BCUT2D eigenvalue weighted by Gasteiger charge is -2.39.